The van der Waals surface area contributed by atoms with E-state index in [1.165, 1.54) is 5.56 Å². The summed E-state index contributed by atoms with van der Waals surface area (Å²) >= 11 is 1.55. The Morgan fingerprint density at radius 1 is 1.54 bits per heavy atom. The molecule has 2 rings (SSSR count). The summed E-state index contributed by atoms with van der Waals surface area (Å²) in [5, 5.41) is 0.637. The van der Waals surface area contributed by atoms with Crippen LogP contribution in [0, 0.1) is 0 Å². The van der Waals surface area contributed by atoms with E-state index in [1.807, 2.05) is 18.2 Å². The molecule has 1 aromatic rings. The first-order chi connectivity index (χ1) is 6.29. The lowest BCUT2D eigenvalue weighted by atomic mass is 10.2. The number of fused-ring (bicyclic) bond motifs is 1. The normalized spacial score (nSPS) is 14.7. The molecule has 0 aromatic heterocycles. The summed E-state index contributed by atoms with van der Waals surface area (Å²) in [5.41, 5.74) is 7.74. The lowest BCUT2D eigenvalue weighted by molar-refractivity contribution is 0.414. The van der Waals surface area contributed by atoms with Gasteiger partial charge in [-0.3, -0.25) is 0 Å². The summed E-state index contributed by atoms with van der Waals surface area (Å²) in [7, 11) is 1.66. The van der Waals surface area contributed by atoms with Crippen molar-refractivity contribution in [2.45, 2.75) is 5.75 Å². The van der Waals surface area contributed by atoms with E-state index in [0.717, 1.165) is 17.2 Å². The Kier molecular flexibility index (Phi) is 2.14. The molecule has 1 aliphatic rings. The van der Waals surface area contributed by atoms with E-state index in [9.17, 15) is 0 Å². The predicted molar refractivity (Wildman–Crippen MR) is 55.6 cm³/mol. The first-order valence-electron chi connectivity index (χ1n) is 3.93. The van der Waals surface area contributed by atoms with Crippen LogP contribution in [-0.4, -0.2) is 12.3 Å². The lowest BCUT2D eigenvalue weighted by Gasteiger charge is -2.12. The van der Waals surface area contributed by atoms with Crippen LogP contribution in [0.4, 0.5) is 5.69 Å². The van der Waals surface area contributed by atoms with Gasteiger partial charge >= 0.3 is 0 Å². The molecule has 0 unspecified atom stereocenters. The van der Waals surface area contributed by atoms with Crippen molar-refractivity contribution >= 4 is 22.6 Å². The monoisotopic (exact) mass is 194 g/mol. The lowest BCUT2D eigenvalue weighted by Crippen LogP contribution is -2.09. The number of methoxy groups -OCH3 is 1. The fourth-order valence-corrected chi connectivity index (χ4v) is 1.91. The maximum Gasteiger partial charge on any atom is 0.159 e. The number of hydrogen-bond acceptors (Lipinski definition) is 4. The smallest absolute Gasteiger partial charge is 0.159 e. The summed E-state index contributed by atoms with van der Waals surface area (Å²) in [5.74, 6) is 1.75. The molecule has 0 saturated heterocycles. The molecular formula is C9H10N2OS. The van der Waals surface area contributed by atoms with Crippen molar-refractivity contribution in [2.75, 3.05) is 7.11 Å². The van der Waals surface area contributed by atoms with Gasteiger partial charge in [0.2, 0.25) is 0 Å². The van der Waals surface area contributed by atoms with Gasteiger partial charge in [0.25, 0.3) is 0 Å². The van der Waals surface area contributed by atoms with Crippen LogP contribution in [0.25, 0.3) is 0 Å². The number of ether oxygens (including phenoxy) is 1. The first-order valence-corrected chi connectivity index (χ1v) is 4.92. The quantitative estimate of drug-likeness (QED) is 0.742. The largest absolute Gasteiger partial charge is 0.497 e. The minimum atomic E-state index is 0.637. The van der Waals surface area contributed by atoms with Gasteiger partial charge in [-0.15, -0.1) is 0 Å². The van der Waals surface area contributed by atoms with E-state index in [0.29, 0.717) is 5.17 Å². The molecule has 0 bridgehead atoms. The molecule has 0 saturated carbocycles. The SMILES string of the molecule is COc1ccc2c(c1)CSC(N)=N2. The Morgan fingerprint density at radius 3 is 3.15 bits per heavy atom. The Bertz CT molecular complexity index is 363. The number of amidine groups is 1. The highest BCUT2D eigenvalue weighted by Crippen LogP contribution is 2.32. The van der Waals surface area contributed by atoms with Gasteiger partial charge in [0.05, 0.1) is 12.8 Å². The molecule has 1 aliphatic heterocycles. The van der Waals surface area contributed by atoms with E-state index < -0.39 is 0 Å². The predicted octanol–water partition coefficient (Wildman–Crippen LogP) is 1.89. The third kappa shape index (κ3) is 1.62. The average molecular weight is 194 g/mol. The third-order valence-corrected chi connectivity index (χ3v) is 2.74. The zero-order valence-electron chi connectivity index (χ0n) is 7.28. The molecular weight excluding hydrogens is 184 g/mol. The van der Waals surface area contributed by atoms with Crippen molar-refractivity contribution < 1.29 is 4.74 Å². The van der Waals surface area contributed by atoms with Crippen LogP contribution in [0.1, 0.15) is 5.56 Å². The highest BCUT2D eigenvalue weighted by molar-refractivity contribution is 8.13. The second-order valence-corrected chi connectivity index (χ2v) is 3.73. The van der Waals surface area contributed by atoms with Crippen LogP contribution >= 0.6 is 11.8 Å². The minimum absolute atomic E-state index is 0.637. The molecule has 13 heavy (non-hydrogen) atoms. The Hall–Kier alpha value is -1.16. The highest BCUT2D eigenvalue weighted by atomic mass is 32.2. The average Bonchev–Trinajstić information content (AvgIpc) is 2.17. The summed E-state index contributed by atoms with van der Waals surface area (Å²) in [6.07, 6.45) is 0. The maximum absolute atomic E-state index is 5.60. The van der Waals surface area contributed by atoms with Crippen molar-refractivity contribution in [1.29, 1.82) is 0 Å². The van der Waals surface area contributed by atoms with Crippen LogP contribution in [0.15, 0.2) is 23.2 Å². The van der Waals surface area contributed by atoms with Gasteiger partial charge in [-0.2, -0.15) is 0 Å². The van der Waals surface area contributed by atoms with Crippen LogP contribution in [0.3, 0.4) is 0 Å². The molecule has 0 fully saturated rings. The molecule has 2 N–H and O–H groups in total. The molecule has 1 aromatic carbocycles. The van der Waals surface area contributed by atoms with Crippen LogP contribution in [0.2, 0.25) is 0 Å². The molecule has 0 spiro atoms. The van der Waals surface area contributed by atoms with Crippen molar-refractivity contribution in [3.05, 3.63) is 23.8 Å². The van der Waals surface area contributed by atoms with Gasteiger partial charge in [-0.1, -0.05) is 11.8 Å². The Morgan fingerprint density at radius 2 is 2.38 bits per heavy atom. The number of nitrogens with two attached hydrogens (primary N) is 1. The second kappa shape index (κ2) is 3.30. The number of rotatable bonds is 1. The van der Waals surface area contributed by atoms with Crippen molar-refractivity contribution in [3.8, 4) is 5.75 Å². The van der Waals surface area contributed by atoms with E-state index in [-0.39, 0.29) is 0 Å². The second-order valence-electron chi connectivity index (χ2n) is 2.73. The van der Waals surface area contributed by atoms with Crippen LogP contribution < -0.4 is 10.5 Å². The molecule has 0 aliphatic carbocycles. The summed E-state index contributed by atoms with van der Waals surface area (Å²) in [4.78, 5) is 4.22. The topological polar surface area (TPSA) is 47.6 Å². The number of hydrogen-bond donors (Lipinski definition) is 1. The summed E-state index contributed by atoms with van der Waals surface area (Å²) < 4.78 is 5.12. The van der Waals surface area contributed by atoms with E-state index in [2.05, 4.69) is 4.99 Å². The zero-order chi connectivity index (χ0) is 9.26. The summed E-state index contributed by atoms with van der Waals surface area (Å²) in [6, 6.07) is 5.82. The molecule has 0 radical (unpaired) electrons. The molecule has 3 nitrogen and oxygen atoms in total. The van der Waals surface area contributed by atoms with E-state index >= 15 is 0 Å². The van der Waals surface area contributed by atoms with Gasteiger partial charge in [-0.05, 0) is 23.8 Å². The molecule has 1 heterocycles. The molecule has 4 heteroatoms. The standard InChI is InChI=1S/C9H10N2OS/c1-12-7-2-3-8-6(4-7)5-13-9(10)11-8/h2-4H,5H2,1H3,(H2,10,11). The number of benzene rings is 1. The van der Waals surface area contributed by atoms with Gasteiger partial charge in [-0.25, -0.2) is 4.99 Å². The Balaban J connectivity index is 2.43. The van der Waals surface area contributed by atoms with Gasteiger partial charge in [0.15, 0.2) is 5.17 Å². The third-order valence-electron chi connectivity index (χ3n) is 1.89. The number of thioether (sulfide) groups is 1. The van der Waals surface area contributed by atoms with Crippen molar-refractivity contribution in [2.24, 2.45) is 10.7 Å². The van der Waals surface area contributed by atoms with Gasteiger partial charge in [0.1, 0.15) is 5.75 Å². The van der Waals surface area contributed by atoms with E-state index in [4.69, 9.17) is 10.5 Å². The number of aliphatic imine (C=N–C) groups is 1. The van der Waals surface area contributed by atoms with Crippen molar-refractivity contribution in [1.82, 2.24) is 0 Å². The molecule has 68 valence electrons. The number of nitrogens with zero attached hydrogens (tertiary/aromatic N) is 1. The molecule has 0 amide bonds. The fraction of sp³-hybridized carbons (Fsp3) is 0.222. The van der Waals surface area contributed by atoms with E-state index in [1.54, 1.807) is 18.9 Å². The van der Waals surface area contributed by atoms with Crippen LogP contribution in [0.5, 0.6) is 5.75 Å². The fourth-order valence-electron chi connectivity index (χ4n) is 1.22. The van der Waals surface area contributed by atoms with Gasteiger partial charge in [0, 0.05) is 5.75 Å². The van der Waals surface area contributed by atoms with Crippen LogP contribution in [-0.2, 0) is 5.75 Å². The van der Waals surface area contributed by atoms with Gasteiger partial charge < -0.3 is 10.5 Å². The Labute approximate surface area is 81.0 Å². The van der Waals surface area contributed by atoms with Crippen molar-refractivity contribution in [3.63, 3.8) is 0 Å². The molecule has 0 atom stereocenters. The summed E-state index contributed by atoms with van der Waals surface area (Å²) in [6.45, 7) is 0. The zero-order valence-corrected chi connectivity index (χ0v) is 8.10. The maximum atomic E-state index is 5.60. The first kappa shape index (κ1) is 8.44. The highest BCUT2D eigenvalue weighted by Gasteiger charge is 2.10. The minimum Gasteiger partial charge on any atom is -0.497 e.